The highest BCUT2D eigenvalue weighted by atomic mass is 35.5. The van der Waals surface area contributed by atoms with Crippen molar-refractivity contribution in [2.45, 2.75) is 20.3 Å². The van der Waals surface area contributed by atoms with Crippen molar-refractivity contribution in [2.75, 3.05) is 5.32 Å². The average Bonchev–Trinajstić information content (AvgIpc) is 2.88. The van der Waals surface area contributed by atoms with E-state index in [-0.39, 0.29) is 12.1 Å². The molecule has 1 heterocycles. The van der Waals surface area contributed by atoms with Crippen LogP contribution in [0, 0.1) is 25.5 Å². The van der Waals surface area contributed by atoms with Gasteiger partial charge in [-0.1, -0.05) is 17.7 Å². The Balaban J connectivity index is 1.83. The van der Waals surface area contributed by atoms with Crippen LogP contribution in [0.1, 0.15) is 17.0 Å². The van der Waals surface area contributed by atoms with E-state index in [1.54, 1.807) is 23.7 Å². The van der Waals surface area contributed by atoms with Gasteiger partial charge in [0.2, 0.25) is 5.91 Å². The zero-order chi connectivity index (χ0) is 18.8. The van der Waals surface area contributed by atoms with E-state index >= 15 is 0 Å². The number of nitrogens with zero attached hydrogens (tertiary/aromatic N) is 2. The molecule has 7 heteroatoms. The van der Waals surface area contributed by atoms with Gasteiger partial charge in [-0.15, -0.1) is 0 Å². The first-order valence-electron chi connectivity index (χ1n) is 7.91. The zero-order valence-electron chi connectivity index (χ0n) is 14.2. The van der Waals surface area contributed by atoms with E-state index in [4.69, 9.17) is 11.6 Å². The number of rotatable bonds is 4. The van der Waals surface area contributed by atoms with Gasteiger partial charge in [0.05, 0.1) is 23.5 Å². The van der Waals surface area contributed by atoms with Crippen LogP contribution in [-0.2, 0) is 11.2 Å². The summed E-state index contributed by atoms with van der Waals surface area (Å²) in [5, 5.41) is 7.48. The first-order chi connectivity index (χ1) is 12.4. The van der Waals surface area contributed by atoms with E-state index in [0.29, 0.717) is 10.7 Å². The molecule has 0 aliphatic heterocycles. The number of halogens is 3. The molecule has 0 saturated heterocycles. The SMILES string of the molecule is Cc1nn(-c2ccc(Cl)cc2)c(C)c1CC(=O)Nc1cccc(F)c1F. The van der Waals surface area contributed by atoms with E-state index in [0.717, 1.165) is 23.0 Å². The van der Waals surface area contributed by atoms with E-state index in [1.165, 1.54) is 12.1 Å². The number of aryl methyl sites for hydroxylation is 1. The molecule has 1 aromatic heterocycles. The van der Waals surface area contributed by atoms with Crippen molar-refractivity contribution in [1.82, 2.24) is 9.78 Å². The second kappa shape index (κ2) is 7.25. The van der Waals surface area contributed by atoms with Crippen LogP contribution in [0.25, 0.3) is 5.69 Å². The van der Waals surface area contributed by atoms with E-state index in [2.05, 4.69) is 10.4 Å². The maximum absolute atomic E-state index is 13.7. The third kappa shape index (κ3) is 3.60. The predicted molar refractivity (Wildman–Crippen MR) is 96.7 cm³/mol. The number of carbonyl (C=O) groups is 1. The van der Waals surface area contributed by atoms with Crippen molar-refractivity contribution in [1.29, 1.82) is 0 Å². The fourth-order valence-electron chi connectivity index (χ4n) is 2.72. The molecule has 0 aliphatic carbocycles. The fourth-order valence-corrected chi connectivity index (χ4v) is 2.85. The zero-order valence-corrected chi connectivity index (χ0v) is 14.9. The lowest BCUT2D eigenvalue weighted by atomic mass is 10.1. The largest absolute Gasteiger partial charge is 0.323 e. The number of amides is 1. The van der Waals surface area contributed by atoms with Gasteiger partial charge in [0.1, 0.15) is 0 Å². The lowest BCUT2D eigenvalue weighted by Gasteiger charge is -2.08. The highest BCUT2D eigenvalue weighted by Crippen LogP contribution is 2.21. The summed E-state index contributed by atoms with van der Waals surface area (Å²) in [5.41, 5.74) is 2.84. The molecule has 0 atom stereocenters. The average molecular weight is 376 g/mol. The molecule has 134 valence electrons. The minimum absolute atomic E-state index is 0.00120. The third-order valence-electron chi connectivity index (χ3n) is 4.08. The second-order valence-corrected chi connectivity index (χ2v) is 6.30. The van der Waals surface area contributed by atoms with Gasteiger partial charge in [-0.05, 0) is 50.2 Å². The third-order valence-corrected chi connectivity index (χ3v) is 4.33. The predicted octanol–water partition coefficient (Wildman–Crippen LogP) is 4.60. The van der Waals surface area contributed by atoms with Crippen molar-refractivity contribution in [3.05, 3.63) is 76.1 Å². The summed E-state index contributed by atoms with van der Waals surface area (Å²) in [7, 11) is 0. The maximum atomic E-state index is 13.7. The molecule has 0 radical (unpaired) electrons. The lowest BCUT2D eigenvalue weighted by Crippen LogP contribution is -2.16. The van der Waals surface area contributed by atoms with Gasteiger partial charge in [0, 0.05) is 16.3 Å². The van der Waals surface area contributed by atoms with Crippen LogP contribution in [0.15, 0.2) is 42.5 Å². The molecule has 3 rings (SSSR count). The number of hydrogen-bond donors (Lipinski definition) is 1. The van der Waals surface area contributed by atoms with Gasteiger partial charge in [0.15, 0.2) is 11.6 Å². The van der Waals surface area contributed by atoms with Crippen LogP contribution in [0.3, 0.4) is 0 Å². The van der Waals surface area contributed by atoms with Crippen molar-refractivity contribution in [3.8, 4) is 5.69 Å². The Morgan fingerprint density at radius 2 is 1.85 bits per heavy atom. The molecule has 26 heavy (non-hydrogen) atoms. The number of carbonyl (C=O) groups excluding carboxylic acids is 1. The normalized spacial score (nSPS) is 10.8. The van der Waals surface area contributed by atoms with Gasteiger partial charge in [0.25, 0.3) is 0 Å². The number of hydrogen-bond acceptors (Lipinski definition) is 2. The summed E-state index contributed by atoms with van der Waals surface area (Å²) in [5.74, 6) is -2.53. The summed E-state index contributed by atoms with van der Waals surface area (Å²) in [4.78, 5) is 12.3. The summed E-state index contributed by atoms with van der Waals surface area (Å²) < 4.78 is 28.7. The van der Waals surface area contributed by atoms with E-state index in [1.807, 2.05) is 19.1 Å². The smallest absolute Gasteiger partial charge is 0.229 e. The quantitative estimate of drug-likeness (QED) is 0.724. The van der Waals surface area contributed by atoms with Crippen molar-refractivity contribution < 1.29 is 13.6 Å². The highest BCUT2D eigenvalue weighted by molar-refractivity contribution is 6.30. The van der Waals surface area contributed by atoms with Gasteiger partial charge in [-0.2, -0.15) is 5.10 Å². The molecular weight excluding hydrogens is 360 g/mol. The van der Waals surface area contributed by atoms with Crippen molar-refractivity contribution >= 4 is 23.2 Å². The van der Waals surface area contributed by atoms with Crippen LogP contribution in [0.2, 0.25) is 5.02 Å². The lowest BCUT2D eigenvalue weighted by molar-refractivity contribution is -0.115. The highest BCUT2D eigenvalue weighted by Gasteiger charge is 2.17. The van der Waals surface area contributed by atoms with Crippen LogP contribution >= 0.6 is 11.6 Å². The molecule has 0 saturated carbocycles. The molecule has 0 fully saturated rings. The number of benzene rings is 2. The molecule has 0 spiro atoms. The van der Waals surface area contributed by atoms with Gasteiger partial charge >= 0.3 is 0 Å². The molecule has 0 unspecified atom stereocenters. The van der Waals surface area contributed by atoms with Crippen LogP contribution in [-0.4, -0.2) is 15.7 Å². The molecule has 3 aromatic rings. The van der Waals surface area contributed by atoms with E-state index < -0.39 is 17.5 Å². The molecule has 1 N–H and O–H groups in total. The molecule has 0 bridgehead atoms. The Labute approximate surface area is 154 Å². The van der Waals surface area contributed by atoms with Gasteiger partial charge in [-0.25, -0.2) is 13.5 Å². The van der Waals surface area contributed by atoms with Crippen molar-refractivity contribution in [3.63, 3.8) is 0 Å². The van der Waals surface area contributed by atoms with Crippen LogP contribution in [0.4, 0.5) is 14.5 Å². The molecule has 2 aromatic carbocycles. The van der Waals surface area contributed by atoms with Crippen molar-refractivity contribution in [2.24, 2.45) is 0 Å². The summed E-state index contributed by atoms with van der Waals surface area (Å²) in [6, 6.07) is 10.8. The summed E-state index contributed by atoms with van der Waals surface area (Å²) in [6.45, 7) is 3.64. The Morgan fingerprint density at radius 3 is 2.54 bits per heavy atom. The molecular formula is C19H16ClF2N3O. The Bertz CT molecular complexity index is 968. The number of aromatic nitrogens is 2. The monoisotopic (exact) mass is 375 g/mol. The fraction of sp³-hybridized carbons (Fsp3) is 0.158. The Hall–Kier alpha value is -2.73. The second-order valence-electron chi connectivity index (χ2n) is 5.86. The van der Waals surface area contributed by atoms with Gasteiger partial charge < -0.3 is 5.32 Å². The van der Waals surface area contributed by atoms with Gasteiger partial charge in [-0.3, -0.25) is 4.79 Å². The first-order valence-corrected chi connectivity index (χ1v) is 8.29. The minimum atomic E-state index is -1.08. The standard InChI is InChI=1S/C19H16ClF2N3O/c1-11-15(10-18(26)23-17-5-3-4-16(21)19(17)22)12(2)25(24-11)14-8-6-13(20)7-9-14/h3-9H,10H2,1-2H3,(H,23,26). The van der Waals surface area contributed by atoms with E-state index in [9.17, 15) is 13.6 Å². The number of nitrogens with one attached hydrogen (secondary N) is 1. The maximum Gasteiger partial charge on any atom is 0.229 e. The molecule has 4 nitrogen and oxygen atoms in total. The topological polar surface area (TPSA) is 46.9 Å². The first kappa shape index (κ1) is 18.1. The minimum Gasteiger partial charge on any atom is -0.323 e. The van der Waals surface area contributed by atoms with Crippen LogP contribution in [0.5, 0.6) is 0 Å². The summed E-state index contributed by atoms with van der Waals surface area (Å²) >= 11 is 5.91. The Kier molecular flexibility index (Phi) is 5.04. The molecule has 0 aliphatic rings. The molecule has 1 amide bonds. The summed E-state index contributed by atoms with van der Waals surface area (Å²) in [6.07, 6.45) is 0.00120. The number of anilines is 1. The van der Waals surface area contributed by atoms with Crippen LogP contribution < -0.4 is 5.32 Å². The Morgan fingerprint density at radius 1 is 1.15 bits per heavy atom.